The van der Waals surface area contributed by atoms with Gasteiger partial charge in [-0.2, -0.15) is 0 Å². The average Bonchev–Trinajstić information content (AvgIpc) is 2.97. The summed E-state index contributed by atoms with van der Waals surface area (Å²) in [6.45, 7) is 9.30. The number of rotatable bonds is 8. The third-order valence-electron chi connectivity index (χ3n) is 4.66. The molecular weight excluding hydrogens is 256 g/mol. The molecule has 0 radical (unpaired) electrons. The Hall–Kier alpha value is -0.200. The number of ether oxygens (including phenoxy) is 2. The first kappa shape index (κ1) is 16.2. The second-order valence-corrected chi connectivity index (χ2v) is 6.26. The van der Waals surface area contributed by atoms with Gasteiger partial charge in [-0.05, 0) is 38.3 Å². The molecule has 0 aromatic heterocycles. The van der Waals surface area contributed by atoms with Crippen LogP contribution in [0.5, 0.6) is 0 Å². The van der Waals surface area contributed by atoms with Gasteiger partial charge in [-0.3, -0.25) is 4.90 Å². The Morgan fingerprint density at radius 3 is 2.85 bits per heavy atom. The lowest BCUT2D eigenvalue weighted by molar-refractivity contribution is -0.0414. The summed E-state index contributed by atoms with van der Waals surface area (Å²) in [4.78, 5) is 2.46. The molecule has 2 N–H and O–H groups in total. The largest absolute Gasteiger partial charge is 0.389 e. The van der Waals surface area contributed by atoms with Gasteiger partial charge in [0.2, 0.25) is 0 Å². The maximum absolute atomic E-state index is 10.2. The van der Waals surface area contributed by atoms with Crippen LogP contribution in [-0.2, 0) is 9.47 Å². The highest BCUT2D eigenvalue weighted by Crippen LogP contribution is 2.34. The standard InChI is InChI=1S/C15H30N2O3/c1-4-15-14-6-16-5-12(14)7-17(15)8-13(18)10-20-11(2)9-19-3/h11-16,18H,4-10H2,1-3H3. The van der Waals surface area contributed by atoms with Crippen molar-refractivity contribution in [3.05, 3.63) is 0 Å². The molecule has 2 rings (SSSR count). The van der Waals surface area contributed by atoms with E-state index in [0.29, 0.717) is 19.3 Å². The summed E-state index contributed by atoms with van der Waals surface area (Å²) in [5.41, 5.74) is 0. The summed E-state index contributed by atoms with van der Waals surface area (Å²) in [5.74, 6) is 1.53. The molecule has 0 aromatic rings. The van der Waals surface area contributed by atoms with Gasteiger partial charge in [-0.25, -0.2) is 0 Å². The van der Waals surface area contributed by atoms with E-state index in [1.807, 2.05) is 6.92 Å². The van der Waals surface area contributed by atoms with Crippen molar-refractivity contribution in [1.29, 1.82) is 0 Å². The molecule has 118 valence electrons. The summed E-state index contributed by atoms with van der Waals surface area (Å²) in [5, 5.41) is 13.7. The van der Waals surface area contributed by atoms with Crippen LogP contribution in [0, 0.1) is 11.8 Å². The maximum Gasteiger partial charge on any atom is 0.0900 e. The molecule has 5 unspecified atom stereocenters. The van der Waals surface area contributed by atoms with Gasteiger partial charge in [0.1, 0.15) is 0 Å². The van der Waals surface area contributed by atoms with Crippen LogP contribution in [0.3, 0.4) is 0 Å². The van der Waals surface area contributed by atoms with Gasteiger partial charge < -0.3 is 19.9 Å². The number of aliphatic hydroxyl groups excluding tert-OH is 1. The molecule has 0 bridgehead atoms. The number of hydrogen-bond acceptors (Lipinski definition) is 5. The Bertz CT molecular complexity index is 290. The van der Waals surface area contributed by atoms with Gasteiger partial charge in [0.25, 0.3) is 0 Å². The molecule has 2 aliphatic heterocycles. The number of methoxy groups -OCH3 is 1. The molecule has 2 aliphatic rings. The summed E-state index contributed by atoms with van der Waals surface area (Å²) < 4.78 is 10.6. The minimum atomic E-state index is -0.407. The Kier molecular flexibility index (Phi) is 6.23. The highest BCUT2D eigenvalue weighted by Gasteiger charge is 2.43. The van der Waals surface area contributed by atoms with Crippen LogP contribution in [0.25, 0.3) is 0 Å². The fourth-order valence-corrected chi connectivity index (χ4v) is 3.76. The first-order chi connectivity index (χ1) is 9.65. The maximum atomic E-state index is 10.2. The van der Waals surface area contributed by atoms with E-state index in [9.17, 15) is 5.11 Å². The van der Waals surface area contributed by atoms with Gasteiger partial charge >= 0.3 is 0 Å². The van der Waals surface area contributed by atoms with Gasteiger partial charge in [0, 0.05) is 26.2 Å². The van der Waals surface area contributed by atoms with Gasteiger partial charge in [-0.15, -0.1) is 0 Å². The summed E-state index contributed by atoms with van der Waals surface area (Å²) >= 11 is 0. The summed E-state index contributed by atoms with van der Waals surface area (Å²) in [6.07, 6.45) is 0.796. The average molecular weight is 286 g/mol. The fraction of sp³-hybridized carbons (Fsp3) is 1.00. The molecule has 0 saturated carbocycles. The van der Waals surface area contributed by atoms with Crippen LogP contribution in [0.15, 0.2) is 0 Å². The number of hydrogen-bond donors (Lipinski definition) is 2. The monoisotopic (exact) mass is 286 g/mol. The van der Waals surface area contributed by atoms with E-state index in [1.165, 1.54) is 0 Å². The van der Waals surface area contributed by atoms with Gasteiger partial charge in [0.15, 0.2) is 0 Å². The fourth-order valence-electron chi connectivity index (χ4n) is 3.76. The summed E-state index contributed by atoms with van der Waals surface area (Å²) in [6, 6.07) is 0.612. The predicted octanol–water partition coefficient (Wildman–Crippen LogP) is 0.329. The van der Waals surface area contributed by atoms with Crippen molar-refractivity contribution < 1.29 is 14.6 Å². The number of β-amino-alcohol motifs (C(OH)–C–C–N with tert-alkyl or cyclic N) is 1. The van der Waals surface area contributed by atoms with E-state index in [0.717, 1.165) is 44.4 Å². The first-order valence-electron chi connectivity index (χ1n) is 7.89. The van der Waals surface area contributed by atoms with E-state index in [-0.39, 0.29) is 6.10 Å². The zero-order chi connectivity index (χ0) is 14.5. The van der Waals surface area contributed by atoms with Crippen molar-refractivity contribution in [2.45, 2.75) is 38.5 Å². The number of nitrogens with zero attached hydrogens (tertiary/aromatic N) is 1. The van der Waals surface area contributed by atoms with Crippen molar-refractivity contribution in [3.63, 3.8) is 0 Å². The molecule has 20 heavy (non-hydrogen) atoms. The van der Waals surface area contributed by atoms with Crippen molar-refractivity contribution in [2.24, 2.45) is 11.8 Å². The van der Waals surface area contributed by atoms with Crippen molar-refractivity contribution >= 4 is 0 Å². The molecule has 0 aliphatic carbocycles. The Morgan fingerprint density at radius 2 is 2.15 bits per heavy atom. The molecule has 2 saturated heterocycles. The molecule has 5 nitrogen and oxygen atoms in total. The van der Waals surface area contributed by atoms with Crippen LogP contribution in [-0.4, -0.2) is 74.8 Å². The smallest absolute Gasteiger partial charge is 0.0900 e. The molecule has 0 amide bonds. The quantitative estimate of drug-likeness (QED) is 0.673. The molecule has 0 spiro atoms. The number of fused-ring (bicyclic) bond motifs is 1. The molecule has 2 fully saturated rings. The molecule has 5 atom stereocenters. The van der Waals surface area contributed by atoms with Crippen LogP contribution >= 0.6 is 0 Å². The predicted molar refractivity (Wildman–Crippen MR) is 78.8 cm³/mol. The van der Waals surface area contributed by atoms with Crippen molar-refractivity contribution in [1.82, 2.24) is 10.2 Å². The topological polar surface area (TPSA) is 54.0 Å². The lowest BCUT2D eigenvalue weighted by Crippen LogP contribution is -2.41. The van der Waals surface area contributed by atoms with Crippen LogP contribution in [0.1, 0.15) is 20.3 Å². The molecule has 0 aromatic carbocycles. The van der Waals surface area contributed by atoms with Gasteiger partial charge in [0.05, 0.1) is 25.4 Å². The van der Waals surface area contributed by atoms with E-state index in [2.05, 4.69) is 17.1 Å². The third-order valence-corrected chi connectivity index (χ3v) is 4.66. The highest BCUT2D eigenvalue weighted by atomic mass is 16.5. The van der Waals surface area contributed by atoms with Crippen LogP contribution in [0.4, 0.5) is 0 Å². The van der Waals surface area contributed by atoms with E-state index in [1.54, 1.807) is 7.11 Å². The van der Waals surface area contributed by atoms with E-state index >= 15 is 0 Å². The third kappa shape index (κ3) is 3.92. The number of nitrogens with one attached hydrogen (secondary N) is 1. The second kappa shape index (κ2) is 7.71. The minimum absolute atomic E-state index is 0.0405. The van der Waals surface area contributed by atoms with E-state index in [4.69, 9.17) is 9.47 Å². The molecule has 2 heterocycles. The minimum Gasteiger partial charge on any atom is -0.389 e. The van der Waals surface area contributed by atoms with E-state index < -0.39 is 6.10 Å². The molecular formula is C15H30N2O3. The van der Waals surface area contributed by atoms with Gasteiger partial charge in [-0.1, -0.05) is 6.92 Å². The Balaban J connectivity index is 1.75. The lowest BCUT2D eigenvalue weighted by Gasteiger charge is -2.29. The number of likely N-dealkylation sites (tertiary alicyclic amines) is 1. The van der Waals surface area contributed by atoms with Crippen LogP contribution < -0.4 is 5.32 Å². The van der Waals surface area contributed by atoms with Crippen molar-refractivity contribution in [2.75, 3.05) is 46.5 Å². The second-order valence-electron chi connectivity index (χ2n) is 6.26. The molecule has 5 heteroatoms. The lowest BCUT2D eigenvalue weighted by atomic mass is 9.93. The SMILES string of the molecule is CCC1C2CNCC2CN1CC(O)COC(C)COC. The summed E-state index contributed by atoms with van der Waals surface area (Å²) in [7, 11) is 1.67. The zero-order valence-electron chi connectivity index (χ0n) is 13.0. The van der Waals surface area contributed by atoms with Crippen LogP contribution in [0.2, 0.25) is 0 Å². The Morgan fingerprint density at radius 1 is 1.35 bits per heavy atom. The normalized spacial score (nSPS) is 33.3. The Labute approximate surface area is 122 Å². The highest BCUT2D eigenvalue weighted by molar-refractivity contribution is 4.98. The zero-order valence-corrected chi connectivity index (χ0v) is 13.0. The van der Waals surface area contributed by atoms with Crippen molar-refractivity contribution in [3.8, 4) is 0 Å². The number of aliphatic hydroxyl groups is 1. The first-order valence-corrected chi connectivity index (χ1v) is 7.89.